The van der Waals surface area contributed by atoms with Gasteiger partial charge in [0.05, 0.1) is 11.4 Å². The molecule has 0 spiro atoms. The molecule has 1 fully saturated rings. The summed E-state index contributed by atoms with van der Waals surface area (Å²) in [6.45, 7) is 4.57. The number of aromatic nitrogens is 2. The lowest BCUT2D eigenvalue weighted by Crippen LogP contribution is -2.28. The number of nitrogens with one attached hydrogen (secondary N) is 2. The molecule has 2 aromatic rings. The number of pyridine rings is 2. The first-order valence-electron chi connectivity index (χ1n) is 11.5. The van der Waals surface area contributed by atoms with Crippen molar-refractivity contribution in [3.8, 4) is 0 Å². The summed E-state index contributed by atoms with van der Waals surface area (Å²) in [4.78, 5) is 34.7. The molecule has 2 aliphatic heterocycles. The van der Waals surface area contributed by atoms with Gasteiger partial charge in [0, 0.05) is 38.1 Å². The molecular weight excluding hydrogens is 414 g/mol. The standard InChI is InChI=1S/C26H27N5O2/c1-2-18-12-23-24(30-25(18)16-32)11-17(13-27-23)15-31-9-7-19(8-10-31)20-3-6-22(28-14-20)26(33)29-21-4-5-21/h3,6-7,11-14,21,30H,2,4-5,8-10,15H2,1H3,(H,29,33). The van der Waals surface area contributed by atoms with Crippen LogP contribution in [0.3, 0.4) is 0 Å². The fourth-order valence-electron chi connectivity index (χ4n) is 4.22. The van der Waals surface area contributed by atoms with E-state index in [1.807, 2.05) is 37.3 Å². The Balaban J connectivity index is 1.22. The van der Waals surface area contributed by atoms with Crippen LogP contribution in [0.1, 0.15) is 59.9 Å². The number of fused-ring (bicyclic) bond motifs is 1. The Morgan fingerprint density at radius 3 is 2.82 bits per heavy atom. The molecule has 0 atom stereocenters. The molecule has 5 rings (SSSR count). The molecule has 4 heterocycles. The number of allylic oxidation sites excluding steroid dienone is 1. The van der Waals surface area contributed by atoms with Gasteiger partial charge in [0.15, 0.2) is 5.94 Å². The maximum absolute atomic E-state index is 12.1. The van der Waals surface area contributed by atoms with E-state index in [0.717, 1.165) is 73.4 Å². The van der Waals surface area contributed by atoms with Crippen LogP contribution >= 0.6 is 0 Å². The zero-order chi connectivity index (χ0) is 22.8. The van der Waals surface area contributed by atoms with Crippen molar-refractivity contribution < 1.29 is 9.59 Å². The third kappa shape index (κ3) is 4.80. The zero-order valence-corrected chi connectivity index (χ0v) is 18.7. The summed E-state index contributed by atoms with van der Waals surface area (Å²) in [6, 6.07) is 6.20. The van der Waals surface area contributed by atoms with E-state index in [0.29, 0.717) is 17.4 Å². The summed E-state index contributed by atoms with van der Waals surface area (Å²) in [5, 5.41) is 6.15. The Labute approximate surface area is 193 Å². The maximum Gasteiger partial charge on any atom is 0.270 e. The second-order valence-corrected chi connectivity index (χ2v) is 8.80. The Bertz CT molecular complexity index is 1190. The van der Waals surface area contributed by atoms with Gasteiger partial charge in [-0.1, -0.05) is 19.1 Å². The van der Waals surface area contributed by atoms with Crippen LogP contribution < -0.4 is 10.6 Å². The molecule has 0 bridgehead atoms. The van der Waals surface area contributed by atoms with Crippen molar-refractivity contribution in [3.63, 3.8) is 0 Å². The van der Waals surface area contributed by atoms with E-state index in [1.165, 1.54) is 5.57 Å². The summed E-state index contributed by atoms with van der Waals surface area (Å²) < 4.78 is 0. The van der Waals surface area contributed by atoms with Crippen LogP contribution in [0.2, 0.25) is 0 Å². The number of carbonyl (C=O) groups excluding carboxylic acids is 2. The smallest absolute Gasteiger partial charge is 0.270 e. The Morgan fingerprint density at radius 2 is 2.15 bits per heavy atom. The molecule has 0 saturated heterocycles. The van der Waals surface area contributed by atoms with Gasteiger partial charge in [-0.3, -0.25) is 19.7 Å². The number of hydrogen-bond acceptors (Lipinski definition) is 6. The van der Waals surface area contributed by atoms with Gasteiger partial charge >= 0.3 is 0 Å². The van der Waals surface area contributed by atoms with Gasteiger partial charge in [-0.2, -0.15) is 0 Å². The van der Waals surface area contributed by atoms with Gasteiger partial charge in [-0.05, 0) is 66.2 Å². The lowest BCUT2D eigenvalue weighted by Gasteiger charge is -2.27. The van der Waals surface area contributed by atoms with Gasteiger partial charge in [-0.15, -0.1) is 0 Å². The first-order chi connectivity index (χ1) is 16.1. The van der Waals surface area contributed by atoms with Crippen LogP contribution in [0.15, 0.2) is 47.9 Å². The molecule has 3 aliphatic rings. The number of anilines is 1. The Kier molecular flexibility index (Phi) is 5.90. The fraction of sp³-hybridized carbons (Fsp3) is 0.346. The maximum atomic E-state index is 12.1. The topological polar surface area (TPSA) is 87.2 Å². The van der Waals surface area contributed by atoms with Crippen LogP contribution in [-0.4, -0.2) is 45.8 Å². The highest BCUT2D eigenvalue weighted by Gasteiger charge is 2.24. The van der Waals surface area contributed by atoms with E-state index in [1.54, 1.807) is 6.20 Å². The fourth-order valence-corrected chi connectivity index (χ4v) is 4.22. The van der Waals surface area contributed by atoms with E-state index in [9.17, 15) is 9.59 Å². The monoisotopic (exact) mass is 441 g/mol. The molecule has 7 nitrogen and oxygen atoms in total. The van der Waals surface area contributed by atoms with E-state index >= 15 is 0 Å². The average Bonchev–Trinajstić information content (AvgIpc) is 3.67. The third-order valence-electron chi connectivity index (χ3n) is 6.33. The predicted octanol–water partition coefficient (Wildman–Crippen LogP) is 3.59. The second kappa shape index (κ2) is 9.14. The normalized spacial score (nSPS) is 17.9. The van der Waals surface area contributed by atoms with Crippen molar-refractivity contribution in [2.45, 2.75) is 45.2 Å². The molecule has 168 valence electrons. The van der Waals surface area contributed by atoms with Gasteiger partial charge in [-0.25, -0.2) is 4.79 Å². The van der Waals surface area contributed by atoms with Crippen molar-refractivity contribution in [1.29, 1.82) is 0 Å². The molecule has 1 aliphatic carbocycles. The number of carbonyl (C=O) groups is 1. The molecule has 2 N–H and O–H groups in total. The second-order valence-electron chi connectivity index (χ2n) is 8.80. The minimum Gasteiger partial charge on any atom is -0.348 e. The van der Waals surface area contributed by atoms with E-state index in [4.69, 9.17) is 0 Å². The van der Waals surface area contributed by atoms with E-state index < -0.39 is 0 Å². The highest BCUT2D eigenvalue weighted by atomic mass is 16.2. The number of hydrogen-bond donors (Lipinski definition) is 2. The van der Waals surface area contributed by atoms with E-state index in [2.05, 4.69) is 37.6 Å². The van der Waals surface area contributed by atoms with Crippen molar-refractivity contribution in [2.75, 3.05) is 18.4 Å². The van der Waals surface area contributed by atoms with Crippen molar-refractivity contribution >= 4 is 29.2 Å². The van der Waals surface area contributed by atoms with Gasteiger partial charge < -0.3 is 10.6 Å². The van der Waals surface area contributed by atoms with Crippen molar-refractivity contribution in [2.24, 2.45) is 0 Å². The minimum absolute atomic E-state index is 0.0850. The first-order valence-corrected chi connectivity index (χ1v) is 11.5. The summed E-state index contributed by atoms with van der Waals surface area (Å²) in [6.07, 6.45) is 11.7. The molecule has 1 saturated carbocycles. The van der Waals surface area contributed by atoms with E-state index in [-0.39, 0.29) is 5.91 Å². The number of amides is 1. The predicted molar refractivity (Wildman–Crippen MR) is 128 cm³/mol. The molecule has 0 aromatic carbocycles. The molecule has 1 amide bonds. The van der Waals surface area contributed by atoms with Crippen LogP contribution in [0.4, 0.5) is 5.69 Å². The van der Waals surface area contributed by atoms with Crippen LogP contribution in [0.5, 0.6) is 0 Å². The summed E-state index contributed by atoms with van der Waals surface area (Å²) in [5.41, 5.74) is 7.05. The highest BCUT2D eigenvalue weighted by Crippen LogP contribution is 2.30. The van der Waals surface area contributed by atoms with Gasteiger partial charge in [0.2, 0.25) is 0 Å². The third-order valence-corrected chi connectivity index (χ3v) is 6.33. The Morgan fingerprint density at radius 1 is 1.27 bits per heavy atom. The molecule has 7 heteroatoms. The molecular formula is C26H27N5O2. The zero-order valence-electron chi connectivity index (χ0n) is 18.7. The quantitative estimate of drug-likeness (QED) is 0.666. The SMILES string of the molecule is CCC1=Cc2ncc(CN3CC=C(c4ccc(C(=O)NC5CC5)nc4)CC3)cc2NC1=C=O. The lowest BCUT2D eigenvalue weighted by atomic mass is 10.00. The first kappa shape index (κ1) is 21.3. The molecule has 33 heavy (non-hydrogen) atoms. The van der Waals surface area contributed by atoms with Crippen molar-refractivity contribution in [1.82, 2.24) is 20.2 Å². The minimum atomic E-state index is -0.0850. The largest absolute Gasteiger partial charge is 0.348 e. The number of nitrogens with zero attached hydrogens (tertiary/aromatic N) is 3. The molecule has 0 radical (unpaired) electrons. The summed E-state index contributed by atoms with van der Waals surface area (Å²) in [5.74, 6) is 1.92. The van der Waals surface area contributed by atoms with Gasteiger partial charge in [0.1, 0.15) is 11.4 Å². The van der Waals surface area contributed by atoms with Crippen LogP contribution in [0.25, 0.3) is 11.6 Å². The molecule has 2 aromatic heterocycles. The van der Waals surface area contributed by atoms with Crippen LogP contribution in [0, 0.1) is 0 Å². The number of rotatable bonds is 6. The summed E-state index contributed by atoms with van der Waals surface area (Å²) in [7, 11) is 0. The highest BCUT2D eigenvalue weighted by molar-refractivity contribution is 5.92. The van der Waals surface area contributed by atoms with Crippen molar-refractivity contribution in [3.05, 3.63) is 70.5 Å². The molecule has 0 unspecified atom stereocenters. The van der Waals surface area contributed by atoms with Gasteiger partial charge in [0.25, 0.3) is 5.91 Å². The Hall–Kier alpha value is -3.54. The lowest BCUT2D eigenvalue weighted by molar-refractivity contribution is 0.0946. The summed E-state index contributed by atoms with van der Waals surface area (Å²) >= 11 is 0. The average molecular weight is 442 g/mol. The van der Waals surface area contributed by atoms with Crippen LogP contribution in [-0.2, 0) is 11.3 Å².